The summed E-state index contributed by atoms with van der Waals surface area (Å²) in [6.07, 6.45) is 1.92. The molecule has 174 valence electrons. The Balaban J connectivity index is 1.86. The zero-order valence-corrected chi connectivity index (χ0v) is 20.6. The van der Waals surface area contributed by atoms with Crippen molar-refractivity contribution < 1.29 is 17.9 Å². The molecule has 8 heteroatoms. The average Bonchev–Trinajstić information content (AvgIpc) is 2.82. The number of thioether (sulfide) groups is 1. The van der Waals surface area contributed by atoms with Crippen LogP contribution in [0.15, 0.2) is 82.6 Å². The zero-order valence-electron chi connectivity index (χ0n) is 18.9. The summed E-state index contributed by atoms with van der Waals surface area (Å²) in [7, 11) is -3.97. The Kier molecular flexibility index (Phi) is 8.41. The van der Waals surface area contributed by atoms with Crippen molar-refractivity contribution >= 4 is 33.4 Å². The van der Waals surface area contributed by atoms with Gasteiger partial charge in [0.05, 0.1) is 17.2 Å². The summed E-state index contributed by atoms with van der Waals surface area (Å²) in [5.41, 5.74) is 2.43. The normalized spacial score (nSPS) is 11.1. The first kappa shape index (κ1) is 24.7. The molecule has 1 amide bonds. The predicted octanol–water partition coefficient (Wildman–Crippen LogP) is 4.63. The number of benzene rings is 3. The third-order valence-corrected chi connectivity index (χ3v) is 7.47. The highest BCUT2D eigenvalue weighted by molar-refractivity contribution is 7.98. The molecule has 0 aliphatic rings. The Bertz CT molecular complexity index is 1180. The van der Waals surface area contributed by atoms with Gasteiger partial charge in [0.15, 0.2) is 0 Å². The maximum atomic E-state index is 13.5. The largest absolute Gasteiger partial charge is 0.494 e. The quantitative estimate of drug-likeness (QED) is 0.425. The summed E-state index contributed by atoms with van der Waals surface area (Å²) in [5.74, 6) is 0.238. The number of ether oxygens (including phenoxy) is 1. The van der Waals surface area contributed by atoms with E-state index in [4.69, 9.17) is 4.74 Å². The number of sulfonamides is 1. The number of carbonyl (C=O) groups is 1. The van der Waals surface area contributed by atoms with E-state index in [0.29, 0.717) is 24.6 Å². The van der Waals surface area contributed by atoms with Crippen LogP contribution >= 0.6 is 11.8 Å². The molecule has 0 unspecified atom stereocenters. The Morgan fingerprint density at radius 3 is 2.33 bits per heavy atom. The van der Waals surface area contributed by atoms with Gasteiger partial charge in [0, 0.05) is 11.4 Å². The fourth-order valence-corrected chi connectivity index (χ4v) is 5.10. The van der Waals surface area contributed by atoms with Crippen molar-refractivity contribution in [2.24, 2.45) is 0 Å². The van der Waals surface area contributed by atoms with Crippen LogP contribution in [-0.2, 0) is 21.4 Å². The summed E-state index contributed by atoms with van der Waals surface area (Å²) in [5, 5.41) is 2.83. The van der Waals surface area contributed by atoms with Crippen LogP contribution in [0, 0.1) is 6.92 Å². The van der Waals surface area contributed by atoms with Crippen molar-refractivity contribution in [2.75, 3.05) is 23.7 Å². The molecule has 33 heavy (non-hydrogen) atoms. The fourth-order valence-electron chi connectivity index (χ4n) is 3.27. The number of nitrogens with one attached hydrogen (secondary N) is 1. The van der Waals surface area contributed by atoms with Crippen molar-refractivity contribution in [1.29, 1.82) is 0 Å². The van der Waals surface area contributed by atoms with Gasteiger partial charge in [0.1, 0.15) is 12.3 Å². The first-order chi connectivity index (χ1) is 15.8. The van der Waals surface area contributed by atoms with Gasteiger partial charge in [-0.3, -0.25) is 9.10 Å². The van der Waals surface area contributed by atoms with Gasteiger partial charge < -0.3 is 10.1 Å². The monoisotopic (exact) mass is 484 g/mol. The van der Waals surface area contributed by atoms with Gasteiger partial charge in [-0.15, -0.1) is 11.8 Å². The van der Waals surface area contributed by atoms with Crippen LogP contribution in [0.1, 0.15) is 18.1 Å². The molecule has 6 nitrogen and oxygen atoms in total. The van der Waals surface area contributed by atoms with E-state index in [1.807, 2.05) is 44.4 Å². The highest BCUT2D eigenvalue weighted by atomic mass is 32.2. The number of nitrogens with zero attached hydrogens (tertiary/aromatic N) is 1. The van der Waals surface area contributed by atoms with E-state index in [1.54, 1.807) is 48.5 Å². The van der Waals surface area contributed by atoms with E-state index in [0.717, 1.165) is 20.3 Å². The molecule has 1 N–H and O–H groups in total. The van der Waals surface area contributed by atoms with Crippen LogP contribution in [0.25, 0.3) is 0 Å². The van der Waals surface area contributed by atoms with Crippen LogP contribution in [0.5, 0.6) is 5.75 Å². The molecule has 0 aliphatic heterocycles. The van der Waals surface area contributed by atoms with E-state index in [1.165, 1.54) is 11.8 Å². The van der Waals surface area contributed by atoms with Gasteiger partial charge in [-0.05, 0) is 74.2 Å². The molecule has 0 atom stereocenters. The van der Waals surface area contributed by atoms with Crippen LogP contribution in [0.3, 0.4) is 0 Å². The van der Waals surface area contributed by atoms with Gasteiger partial charge in [-0.2, -0.15) is 0 Å². The summed E-state index contributed by atoms with van der Waals surface area (Å²) in [4.78, 5) is 13.9. The van der Waals surface area contributed by atoms with E-state index in [2.05, 4.69) is 5.32 Å². The van der Waals surface area contributed by atoms with E-state index >= 15 is 0 Å². The molecule has 0 aromatic heterocycles. The second kappa shape index (κ2) is 11.2. The molecule has 0 aliphatic carbocycles. The molecule has 0 saturated heterocycles. The molecule has 3 aromatic carbocycles. The highest BCUT2D eigenvalue weighted by Crippen LogP contribution is 2.27. The number of hydrogen-bond acceptors (Lipinski definition) is 5. The molecule has 0 saturated carbocycles. The van der Waals surface area contributed by atoms with Gasteiger partial charge in [0.25, 0.3) is 10.0 Å². The number of aryl methyl sites for hydroxylation is 1. The third-order valence-electron chi connectivity index (χ3n) is 4.94. The lowest BCUT2D eigenvalue weighted by Gasteiger charge is -2.24. The average molecular weight is 485 g/mol. The maximum Gasteiger partial charge on any atom is 0.264 e. The molecule has 0 radical (unpaired) electrons. The molecular formula is C25H28N2O4S2. The van der Waals surface area contributed by atoms with Gasteiger partial charge in [-0.25, -0.2) is 8.42 Å². The minimum absolute atomic E-state index is 0.126. The summed E-state index contributed by atoms with van der Waals surface area (Å²) < 4.78 is 33.6. The molecule has 3 aromatic rings. The van der Waals surface area contributed by atoms with E-state index in [-0.39, 0.29) is 11.4 Å². The van der Waals surface area contributed by atoms with Crippen LogP contribution < -0.4 is 14.4 Å². The van der Waals surface area contributed by atoms with Crippen molar-refractivity contribution in [3.8, 4) is 5.75 Å². The first-order valence-corrected chi connectivity index (χ1v) is 13.2. The molecule has 3 rings (SSSR count). The van der Waals surface area contributed by atoms with Crippen LogP contribution in [0.2, 0.25) is 0 Å². The predicted molar refractivity (Wildman–Crippen MR) is 133 cm³/mol. The summed E-state index contributed by atoms with van der Waals surface area (Å²) >= 11 is 1.53. The number of anilines is 1. The summed E-state index contributed by atoms with van der Waals surface area (Å²) in [6.45, 7) is 4.34. The van der Waals surface area contributed by atoms with Crippen LogP contribution in [0.4, 0.5) is 5.69 Å². The van der Waals surface area contributed by atoms with Crippen molar-refractivity contribution in [3.05, 3.63) is 83.9 Å². The minimum atomic E-state index is -3.97. The van der Waals surface area contributed by atoms with E-state index in [9.17, 15) is 13.2 Å². The number of amides is 1. The number of rotatable bonds is 10. The van der Waals surface area contributed by atoms with Gasteiger partial charge >= 0.3 is 0 Å². The van der Waals surface area contributed by atoms with Crippen molar-refractivity contribution in [2.45, 2.75) is 30.2 Å². The Hall–Kier alpha value is -2.97. The first-order valence-electron chi connectivity index (χ1n) is 10.6. The van der Waals surface area contributed by atoms with Crippen LogP contribution in [-0.4, -0.2) is 33.7 Å². The standard InChI is InChI=1S/C25H28N2O4S2/c1-4-31-22-10-8-21(9-11-22)27(33(29,30)24-14-12-23(32-3)13-15-24)18-25(28)26-17-20-7-5-6-19(2)16-20/h5-16H,4,17-18H2,1-3H3,(H,26,28). The topological polar surface area (TPSA) is 75.7 Å². The highest BCUT2D eigenvalue weighted by Gasteiger charge is 2.27. The number of carbonyl (C=O) groups excluding carboxylic acids is 1. The lowest BCUT2D eigenvalue weighted by Crippen LogP contribution is -2.40. The van der Waals surface area contributed by atoms with Crippen molar-refractivity contribution in [1.82, 2.24) is 5.32 Å². The maximum absolute atomic E-state index is 13.5. The Labute approximate surface area is 200 Å². The zero-order chi connectivity index (χ0) is 23.8. The Morgan fingerprint density at radius 1 is 1.03 bits per heavy atom. The molecule has 0 spiro atoms. The third kappa shape index (κ3) is 6.52. The second-order valence-corrected chi connectivity index (χ2v) is 10.1. The van der Waals surface area contributed by atoms with Gasteiger partial charge in [-0.1, -0.05) is 29.8 Å². The molecular weight excluding hydrogens is 456 g/mol. The second-order valence-electron chi connectivity index (χ2n) is 7.38. The smallest absolute Gasteiger partial charge is 0.264 e. The minimum Gasteiger partial charge on any atom is -0.494 e. The summed E-state index contributed by atoms with van der Waals surface area (Å²) in [6, 6.07) is 21.1. The molecule has 0 bridgehead atoms. The molecule has 0 fully saturated rings. The molecule has 0 heterocycles. The Morgan fingerprint density at radius 2 is 1.73 bits per heavy atom. The fraction of sp³-hybridized carbons (Fsp3) is 0.240. The van der Waals surface area contributed by atoms with Crippen molar-refractivity contribution in [3.63, 3.8) is 0 Å². The lowest BCUT2D eigenvalue weighted by molar-refractivity contribution is -0.119. The van der Waals surface area contributed by atoms with E-state index < -0.39 is 15.9 Å². The number of hydrogen-bond donors (Lipinski definition) is 1. The van der Waals surface area contributed by atoms with Gasteiger partial charge in [0.2, 0.25) is 5.91 Å². The SMILES string of the molecule is CCOc1ccc(N(CC(=O)NCc2cccc(C)c2)S(=O)(=O)c2ccc(SC)cc2)cc1. The lowest BCUT2D eigenvalue weighted by atomic mass is 10.1.